The Morgan fingerprint density at radius 3 is 3.00 bits per heavy atom. The molecule has 0 N–H and O–H groups in total. The zero-order chi connectivity index (χ0) is 9.47. The van der Waals surface area contributed by atoms with E-state index in [0.717, 1.165) is 12.8 Å². The highest BCUT2D eigenvalue weighted by atomic mass is 16.6. The Hall–Kier alpha value is -1.25. The van der Waals surface area contributed by atoms with Gasteiger partial charge in [-0.15, -0.1) is 6.58 Å². The number of esters is 1. The summed E-state index contributed by atoms with van der Waals surface area (Å²) < 4.78 is 10.2. The molecule has 0 aromatic heterocycles. The third-order valence-electron chi connectivity index (χ3n) is 2.84. The van der Waals surface area contributed by atoms with Gasteiger partial charge in [-0.3, -0.25) is 0 Å². The number of hydrogen-bond donors (Lipinski definition) is 0. The van der Waals surface area contributed by atoms with E-state index >= 15 is 0 Å². The summed E-state index contributed by atoms with van der Waals surface area (Å²) in [6, 6.07) is 0. The number of carbonyl (C=O) groups is 1. The lowest BCUT2D eigenvalue weighted by atomic mass is 9.69. The predicted octanol–water partition coefficient (Wildman–Crippen LogP) is 1.41. The van der Waals surface area contributed by atoms with Crippen molar-refractivity contribution in [1.29, 1.82) is 0 Å². The maximum atomic E-state index is 11.2. The molecule has 70 valence electrons. The van der Waals surface area contributed by atoms with Crippen LogP contribution >= 0.6 is 0 Å². The number of rotatable bonds is 2. The highest BCUT2D eigenvalue weighted by Crippen LogP contribution is 2.47. The Kier molecular flexibility index (Phi) is 1.68. The molecular formula is C10H12O3. The molecule has 1 heterocycles. The molecule has 2 aliphatic rings. The average molecular weight is 180 g/mol. The first-order valence-corrected chi connectivity index (χ1v) is 4.34. The van der Waals surface area contributed by atoms with E-state index in [1.54, 1.807) is 6.08 Å². The minimum Gasteiger partial charge on any atom is -0.490 e. The molecule has 1 fully saturated rings. The van der Waals surface area contributed by atoms with E-state index in [4.69, 9.17) is 9.47 Å². The average Bonchev–Trinajstić information content (AvgIpc) is 2.44. The highest BCUT2D eigenvalue weighted by molar-refractivity contribution is 5.89. The SMILES string of the molecule is C=C[C@H]1CC[C@]12C=C(OC)C(=O)O2. The molecule has 0 bridgehead atoms. The lowest BCUT2D eigenvalue weighted by molar-refractivity contribution is -0.159. The normalized spacial score (nSPS) is 36.5. The molecule has 2 atom stereocenters. The van der Waals surface area contributed by atoms with Crippen molar-refractivity contribution in [2.45, 2.75) is 18.4 Å². The summed E-state index contributed by atoms with van der Waals surface area (Å²) in [5.41, 5.74) is -0.426. The minimum atomic E-state index is -0.426. The first-order chi connectivity index (χ1) is 6.22. The maximum Gasteiger partial charge on any atom is 0.374 e. The van der Waals surface area contributed by atoms with Crippen molar-refractivity contribution in [3.63, 3.8) is 0 Å². The number of hydrogen-bond acceptors (Lipinski definition) is 3. The zero-order valence-corrected chi connectivity index (χ0v) is 7.58. The molecule has 1 spiro atoms. The number of carbonyl (C=O) groups excluding carboxylic acids is 1. The van der Waals surface area contributed by atoms with Crippen molar-refractivity contribution in [2.24, 2.45) is 5.92 Å². The first-order valence-electron chi connectivity index (χ1n) is 4.34. The summed E-state index contributed by atoms with van der Waals surface area (Å²) in [4.78, 5) is 11.2. The van der Waals surface area contributed by atoms with Crippen molar-refractivity contribution in [1.82, 2.24) is 0 Å². The molecule has 3 heteroatoms. The third kappa shape index (κ3) is 0.996. The van der Waals surface area contributed by atoms with Crippen LogP contribution in [0, 0.1) is 5.92 Å². The standard InChI is InChI=1S/C10H12O3/c1-3-7-4-5-10(7)6-8(12-2)9(11)13-10/h3,6-7H,1,4-5H2,2H3/t7-,10-/m0/s1. The van der Waals surface area contributed by atoms with Gasteiger partial charge < -0.3 is 9.47 Å². The van der Waals surface area contributed by atoms with Gasteiger partial charge in [0.2, 0.25) is 5.76 Å². The fourth-order valence-corrected chi connectivity index (χ4v) is 1.89. The van der Waals surface area contributed by atoms with Crippen molar-refractivity contribution < 1.29 is 14.3 Å². The van der Waals surface area contributed by atoms with E-state index in [1.807, 2.05) is 6.08 Å². The largest absolute Gasteiger partial charge is 0.490 e. The summed E-state index contributed by atoms with van der Waals surface area (Å²) in [6.45, 7) is 3.72. The van der Waals surface area contributed by atoms with Crippen LogP contribution < -0.4 is 0 Å². The zero-order valence-electron chi connectivity index (χ0n) is 7.58. The molecule has 0 aromatic carbocycles. The lowest BCUT2D eigenvalue weighted by Gasteiger charge is -2.42. The van der Waals surface area contributed by atoms with E-state index in [9.17, 15) is 4.79 Å². The summed E-state index contributed by atoms with van der Waals surface area (Å²) in [5, 5.41) is 0. The van der Waals surface area contributed by atoms with Gasteiger partial charge in [0, 0.05) is 12.0 Å². The van der Waals surface area contributed by atoms with Gasteiger partial charge in [0.1, 0.15) is 5.60 Å². The molecule has 0 radical (unpaired) electrons. The van der Waals surface area contributed by atoms with Crippen molar-refractivity contribution in [3.05, 3.63) is 24.5 Å². The quantitative estimate of drug-likeness (QED) is 0.476. The molecule has 1 saturated carbocycles. The minimum absolute atomic E-state index is 0.254. The van der Waals surface area contributed by atoms with Crippen molar-refractivity contribution >= 4 is 5.97 Å². The van der Waals surface area contributed by atoms with Gasteiger partial charge in [-0.25, -0.2) is 4.79 Å². The van der Waals surface area contributed by atoms with Crippen LogP contribution in [0.2, 0.25) is 0 Å². The van der Waals surface area contributed by atoms with E-state index < -0.39 is 5.60 Å². The summed E-state index contributed by atoms with van der Waals surface area (Å²) in [7, 11) is 1.48. The second-order valence-corrected chi connectivity index (χ2v) is 3.44. The second kappa shape index (κ2) is 2.62. The molecule has 1 aliphatic heterocycles. The molecule has 0 saturated heterocycles. The van der Waals surface area contributed by atoms with E-state index in [-0.39, 0.29) is 11.9 Å². The fourth-order valence-electron chi connectivity index (χ4n) is 1.89. The lowest BCUT2D eigenvalue weighted by Crippen LogP contribution is -2.45. The molecule has 0 amide bonds. The van der Waals surface area contributed by atoms with Crippen molar-refractivity contribution in [2.75, 3.05) is 7.11 Å². The first kappa shape index (κ1) is 8.35. The predicted molar refractivity (Wildman–Crippen MR) is 46.8 cm³/mol. The Morgan fingerprint density at radius 2 is 2.62 bits per heavy atom. The van der Waals surface area contributed by atoms with E-state index in [0.29, 0.717) is 5.76 Å². The molecule has 13 heavy (non-hydrogen) atoms. The van der Waals surface area contributed by atoms with Crippen molar-refractivity contribution in [3.8, 4) is 0 Å². The van der Waals surface area contributed by atoms with Crippen LogP contribution in [-0.2, 0) is 14.3 Å². The molecule has 2 rings (SSSR count). The van der Waals surface area contributed by atoms with Crippen LogP contribution in [0.3, 0.4) is 0 Å². The smallest absolute Gasteiger partial charge is 0.374 e. The van der Waals surface area contributed by atoms with Gasteiger partial charge in [-0.1, -0.05) is 6.08 Å². The third-order valence-corrected chi connectivity index (χ3v) is 2.84. The molecule has 0 aromatic rings. The van der Waals surface area contributed by atoms with Crippen LogP contribution in [-0.4, -0.2) is 18.7 Å². The number of ether oxygens (including phenoxy) is 2. The summed E-state index contributed by atoms with van der Waals surface area (Å²) in [6.07, 6.45) is 5.53. The topological polar surface area (TPSA) is 35.5 Å². The monoisotopic (exact) mass is 180 g/mol. The summed E-state index contributed by atoms with van der Waals surface area (Å²) >= 11 is 0. The van der Waals surface area contributed by atoms with Crippen LogP contribution in [0.4, 0.5) is 0 Å². The van der Waals surface area contributed by atoms with Crippen LogP contribution in [0.15, 0.2) is 24.5 Å². The van der Waals surface area contributed by atoms with Crippen LogP contribution in [0.25, 0.3) is 0 Å². The Bertz CT molecular complexity index is 293. The molecule has 1 aliphatic carbocycles. The Balaban J connectivity index is 2.24. The summed E-state index contributed by atoms with van der Waals surface area (Å²) in [5.74, 6) is 0.227. The van der Waals surface area contributed by atoms with Gasteiger partial charge in [-0.2, -0.15) is 0 Å². The van der Waals surface area contributed by atoms with Gasteiger partial charge in [-0.05, 0) is 12.8 Å². The molecule has 3 nitrogen and oxygen atoms in total. The Labute approximate surface area is 77.0 Å². The van der Waals surface area contributed by atoms with Crippen LogP contribution in [0.1, 0.15) is 12.8 Å². The maximum absolute atomic E-state index is 11.2. The van der Waals surface area contributed by atoms with Gasteiger partial charge >= 0.3 is 5.97 Å². The van der Waals surface area contributed by atoms with E-state index in [1.165, 1.54) is 7.11 Å². The Morgan fingerprint density at radius 1 is 1.85 bits per heavy atom. The van der Waals surface area contributed by atoms with Gasteiger partial charge in [0.05, 0.1) is 7.11 Å². The number of methoxy groups -OCH3 is 1. The second-order valence-electron chi connectivity index (χ2n) is 3.44. The van der Waals surface area contributed by atoms with Crippen LogP contribution in [0.5, 0.6) is 0 Å². The van der Waals surface area contributed by atoms with Gasteiger partial charge in [0.15, 0.2) is 0 Å². The molecule has 0 unspecified atom stereocenters. The van der Waals surface area contributed by atoms with Gasteiger partial charge in [0.25, 0.3) is 0 Å². The molecular weight excluding hydrogens is 168 g/mol. The van der Waals surface area contributed by atoms with E-state index in [2.05, 4.69) is 6.58 Å². The fraction of sp³-hybridized carbons (Fsp3) is 0.500. The highest BCUT2D eigenvalue weighted by Gasteiger charge is 2.52.